The predicted octanol–water partition coefficient (Wildman–Crippen LogP) is 16.4. The molecule has 1 aliphatic carbocycles. The van der Waals surface area contributed by atoms with Crippen LogP contribution in [0.25, 0.3) is 111 Å². The Bertz CT molecular complexity index is 3550. The lowest BCUT2D eigenvalue weighted by molar-refractivity contribution is 0.660. The lowest BCUT2D eigenvalue weighted by atomic mass is 9.81. The molecule has 0 saturated carbocycles. The molecule has 2 aromatic heterocycles. The third kappa shape index (κ3) is 6.44. The molecule has 0 radical (unpaired) electrons. The van der Waals surface area contributed by atoms with Crippen LogP contribution >= 0.6 is 0 Å². The normalized spacial score (nSPS) is 12.7. The molecule has 1 aliphatic rings. The molecular weight excluding hydrogens is 777 g/mol. The molecule has 302 valence electrons. The van der Waals surface area contributed by atoms with Gasteiger partial charge in [-0.15, -0.1) is 0 Å². The van der Waals surface area contributed by atoms with E-state index in [0.29, 0.717) is 5.82 Å². The number of hydrogen-bond acceptors (Lipinski definition) is 3. The highest BCUT2D eigenvalue weighted by atomic mass is 16.3. The van der Waals surface area contributed by atoms with E-state index in [1.807, 2.05) is 30.3 Å². The van der Waals surface area contributed by atoms with Gasteiger partial charge in [-0.3, -0.25) is 0 Å². The highest BCUT2D eigenvalue weighted by molar-refractivity contribution is 6.10. The average molecular weight is 819 g/mol. The number of hydrogen-bond donors (Lipinski definition) is 0. The Morgan fingerprint density at radius 2 is 0.844 bits per heavy atom. The first-order valence-electron chi connectivity index (χ1n) is 22.0. The van der Waals surface area contributed by atoms with Crippen molar-refractivity contribution in [3.63, 3.8) is 0 Å². The van der Waals surface area contributed by atoms with E-state index in [2.05, 4.69) is 202 Å². The van der Waals surface area contributed by atoms with Gasteiger partial charge in [0.05, 0.1) is 11.4 Å². The standard InChI is InChI=1S/C61H42N2O/c1-61(2)54-22-11-9-18-50(54)51-33-32-45(37-55(51)61)41-28-30-43(31-29-41)56-38-57(63-60(62-56)44-16-7-4-8-17-44)48-35-46(42-26-24-40(25-27-42)39-14-5-3-6-15-39)34-47(36-48)49-20-13-21-53-52-19-10-12-23-58(52)64-59(49)53/h3-38H,1-2H3. The first-order valence-corrected chi connectivity index (χ1v) is 22.0. The van der Waals surface area contributed by atoms with Gasteiger partial charge in [-0.05, 0) is 97.6 Å². The van der Waals surface area contributed by atoms with Gasteiger partial charge < -0.3 is 4.42 Å². The molecular formula is C61H42N2O. The van der Waals surface area contributed by atoms with Crippen molar-refractivity contribution in [1.82, 2.24) is 9.97 Å². The SMILES string of the molecule is CC1(C)c2ccccc2-c2ccc(-c3ccc(-c4cc(-c5cc(-c6ccc(-c7ccccc7)cc6)cc(-c6cccc7c6oc6ccccc67)c5)nc(-c5ccccc5)n4)cc3)cc21. The van der Waals surface area contributed by atoms with Crippen molar-refractivity contribution >= 4 is 21.9 Å². The Labute approximate surface area is 373 Å². The van der Waals surface area contributed by atoms with Crippen molar-refractivity contribution in [3.05, 3.63) is 230 Å². The summed E-state index contributed by atoms with van der Waals surface area (Å²) in [5, 5.41) is 2.21. The smallest absolute Gasteiger partial charge is 0.160 e. The lowest BCUT2D eigenvalue weighted by Crippen LogP contribution is -2.14. The van der Waals surface area contributed by atoms with Crippen LogP contribution in [0.2, 0.25) is 0 Å². The average Bonchev–Trinajstić information content (AvgIpc) is 3.86. The van der Waals surface area contributed by atoms with Crippen LogP contribution < -0.4 is 0 Å². The highest BCUT2D eigenvalue weighted by Crippen LogP contribution is 2.49. The second kappa shape index (κ2) is 15.0. The number of para-hydroxylation sites is 2. The molecule has 0 spiro atoms. The van der Waals surface area contributed by atoms with Crippen molar-refractivity contribution in [2.24, 2.45) is 0 Å². The van der Waals surface area contributed by atoms with E-state index in [4.69, 9.17) is 14.4 Å². The van der Waals surface area contributed by atoms with Crippen LogP contribution in [-0.4, -0.2) is 9.97 Å². The van der Waals surface area contributed by atoms with Crippen LogP contribution in [0, 0.1) is 0 Å². The summed E-state index contributed by atoms with van der Waals surface area (Å²) in [7, 11) is 0. The number of aromatic nitrogens is 2. The van der Waals surface area contributed by atoms with Gasteiger partial charge in [0.15, 0.2) is 5.82 Å². The van der Waals surface area contributed by atoms with E-state index in [1.54, 1.807) is 0 Å². The molecule has 0 atom stereocenters. The molecule has 0 fully saturated rings. The first-order chi connectivity index (χ1) is 31.4. The summed E-state index contributed by atoms with van der Waals surface area (Å²) >= 11 is 0. The number of furan rings is 1. The van der Waals surface area contributed by atoms with E-state index in [1.165, 1.54) is 44.5 Å². The van der Waals surface area contributed by atoms with Crippen LogP contribution in [0.1, 0.15) is 25.0 Å². The van der Waals surface area contributed by atoms with E-state index in [9.17, 15) is 0 Å². The van der Waals surface area contributed by atoms with Gasteiger partial charge in [-0.25, -0.2) is 9.97 Å². The fourth-order valence-electron chi connectivity index (χ4n) is 9.73. The predicted molar refractivity (Wildman–Crippen MR) is 265 cm³/mol. The fourth-order valence-corrected chi connectivity index (χ4v) is 9.73. The van der Waals surface area contributed by atoms with Gasteiger partial charge in [0, 0.05) is 38.4 Å². The number of fused-ring (bicyclic) bond motifs is 6. The van der Waals surface area contributed by atoms with Crippen LogP contribution in [0.5, 0.6) is 0 Å². The van der Waals surface area contributed by atoms with Crippen LogP contribution in [0.15, 0.2) is 223 Å². The second-order valence-electron chi connectivity index (χ2n) is 17.4. The van der Waals surface area contributed by atoms with Gasteiger partial charge in [-0.1, -0.05) is 196 Å². The van der Waals surface area contributed by atoms with Gasteiger partial charge in [0.2, 0.25) is 0 Å². The van der Waals surface area contributed by atoms with Crippen LogP contribution in [-0.2, 0) is 5.41 Å². The Balaban J connectivity index is 0.991. The second-order valence-corrected chi connectivity index (χ2v) is 17.4. The quantitative estimate of drug-likeness (QED) is 0.161. The first kappa shape index (κ1) is 37.6. The molecule has 0 aliphatic heterocycles. The molecule has 0 amide bonds. The maximum atomic E-state index is 6.61. The van der Waals surface area contributed by atoms with Gasteiger partial charge in [0.1, 0.15) is 11.2 Å². The van der Waals surface area contributed by atoms with Gasteiger partial charge in [-0.2, -0.15) is 0 Å². The highest BCUT2D eigenvalue weighted by Gasteiger charge is 2.35. The summed E-state index contributed by atoms with van der Waals surface area (Å²) in [4.78, 5) is 10.5. The molecule has 0 unspecified atom stereocenters. The minimum absolute atomic E-state index is 0.0611. The largest absolute Gasteiger partial charge is 0.455 e. The fraction of sp³-hybridized carbons (Fsp3) is 0.0492. The monoisotopic (exact) mass is 818 g/mol. The zero-order chi connectivity index (χ0) is 42.8. The zero-order valence-electron chi connectivity index (χ0n) is 35.6. The van der Waals surface area contributed by atoms with Crippen molar-refractivity contribution in [1.29, 1.82) is 0 Å². The third-order valence-corrected chi connectivity index (χ3v) is 13.1. The molecule has 3 nitrogen and oxygen atoms in total. The van der Waals surface area contributed by atoms with Crippen molar-refractivity contribution < 1.29 is 4.42 Å². The minimum Gasteiger partial charge on any atom is -0.455 e. The summed E-state index contributed by atoms with van der Waals surface area (Å²) in [6.07, 6.45) is 0. The Hall–Kier alpha value is -8.14. The summed E-state index contributed by atoms with van der Waals surface area (Å²) in [5.74, 6) is 0.677. The molecule has 0 saturated heterocycles. The van der Waals surface area contributed by atoms with E-state index in [-0.39, 0.29) is 5.41 Å². The van der Waals surface area contributed by atoms with E-state index < -0.39 is 0 Å². The topological polar surface area (TPSA) is 38.9 Å². The Morgan fingerprint density at radius 1 is 0.328 bits per heavy atom. The number of nitrogens with zero attached hydrogens (tertiary/aromatic N) is 2. The summed E-state index contributed by atoms with van der Waals surface area (Å²) in [6.45, 7) is 4.67. The van der Waals surface area contributed by atoms with Gasteiger partial charge in [0.25, 0.3) is 0 Å². The van der Waals surface area contributed by atoms with Crippen molar-refractivity contribution in [2.45, 2.75) is 19.3 Å². The van der Waals surface area contributed by atoms with Crippen LogP contribution in [0.4, 0.5) is 0 Å². The molecule has 0 bridgehead atoms. The summed E-state index contributed by atoms with van der Waals surface area (Å²) in [5.41, 5.74) is 20.8. The maximum absolute atomic E-state index is 6.61. The van der Waals surface area contributed by atoms with Gasteiger partial charge >= 0.3 is 0 Å². The molecule has 64 heavy (non-hydrogen) atoms. The molecule has 2 heterocycles. The number of rotatable bonds is 7. The number of benzene rings is 9. The molecule has 3 heteroatoms. The molecule has 12 rings (SSSR count). The maximum Gasteiger partial charge on any atom is 0.160 e. The van der Waals surface area contributed by atoms with E-state index >= 15 is 0 Å². The zero-order valence-corrected chi connectivity index (χ0v) is 35.6. The summed E-state index contributed by atoms with van der Waals surface area (Å²) in [6, 6.07) is 77.9. The van der Waals surface area contributed by atoms with E-state index in [0.717, 1.165) is 72.3 Å². The Kier molecular flexibility index (Phi) is 8.84. The minimum atomic E-state index is -0.0611. The molecule has 0 N–H and O–H groups in total. The third-order valence-electron chi connectivity index (χ3n) is 13.1. The van der Waals surface area contributed by atoms with Crippen molar-refractivity contribution in [3.8, 4) is 89.5 Å². The Morgan fingerprint density at radius 3 is 1.61 bits per heavy atom. The molecule has 9 aromatic carbocycles. The summed E-state index contributed by atoms with van der Waals surface area (Å²) < 4.78 is 6.61. The van der Waals surface area contributed by atoms with Crippen LogP contribution in [0.3, 0.4) is 0 Å². The molecule has 11 aromatic rings. The van der Waals surface area contributed by atoms with Crippen molar-refractivity contribution in [2.75, 3.05) is 0 Å². The lowest BCUT2D eigenvalue weighted by Gasteiger charge is -2.22.